The standard InChI is InChI=1S/C16H22N2O6S2/c1-26(23)12-25-11-16(20)6-8-17(9-7-16)15(19)24-10-13-2-4-14(5-3-13)18(21)22/h2-5,20H,6-12H2,1H3. The average Bonchev–Trinajstić information content (AvgIpc) is 2.60. The quantitative estimate of drug-likeness (QED) is 0.549. The number of rotatable bonds is 7. The van der Waals surface area contributed by atoms with Crippen LogP contribution in [0.5, 0.6) is 0 Å². The number of nitro benzene ring substituents is 1. The van der Waals surface area contributed by atoms with Gasteiger partial charge in [-0.3, -0.25) is 14.3 Å². The Bertz CT molecular complexity index is 659. The number of likely N-dealkylation sites (tertiary alicyclic amines) is 1. The van der Waals surface area contributed by atoms with E-state index in [9.17, 15) is 24.2 Å². The number of thioether (sulfide) groups is 1. The Kier molecular flexibility index (Phi) is 7.42. The zero-order valence-electron chi connectivity index (χ0n) is 14.5. The molecule has 0 spiro atoms. The largest absolute Gasteiger partial charge is 0.445 e. The molecule has 1 heterocycles. The van der Waals surface area contributed by atoms with Gasteiger partial charge in [-0.2, -0.15) is 0 Å². The van der Waals surface area contributed by atoms with E-state index in [1.807, 2.05) is 0 Å². The molecule has 26 heavy (non-hydrogen) atoms. The van der Waals surface area contributed by atoms with E-state index in [0.29, 0.717) is 42.3 Å². The van der Waals surface area contributed by atoms with Gasteiger partial charge >= 0.3 is 6.09 Å². The van der Waals surface area contributed by atoms with Gasteiger partial charge in [0.25, 0.3) is 5.69 Å². The Hall–Kier alpha value is -1.65. The van der Waals surface area contributed by atoms with Crippen LogP contribution in [0.1, 0.15) is 18.4 Å². The third-order valence-electron chi connectivity index (χ3n) is 4.08. The van der Waals surface area contributed by atoms with Crippen LogP contribution >= 0.6 is 11.8 Å². The number of hydrogen-bond donors (Lipinski definition) is 1. The summed E-state index contributed by atoms with van der Waals surface area (Å²) < 4.78 is 16.3. The van der Waals surface area contributed by atoms with E-state index in [-0.39, 0.29) is 12.3 Å². The fourth-order valence-electron chi connectivity index (χ4n) is 2.55. The molecule has 1 fully saturated rings. The molecule has 2 rings (SSSR count). The first-order chi connectivity index (χ1) is 12.3. The van der Waals surface area contributed by atoms with Crippen molar-refractivity contribution in [2.24, 2.45) is 0 Å². The van der Waals surface area contributed by atoms with Crippen molar-refractivity contribution in [1.82, 2.24) is 4.90 Å². The van der Waals surface area contributed by atoms with Gasteiger partial charge in [-0.05, 0) is 30.5 Å². The normalized spacial score (nSPS) is 17.5. The number of ether oxygens (including phenoxy) is 1. The number of hydrogen-bond acceptors (Lipinski definition) is 7. The number of benzene rings is 1. The van der Waals surface area contributed by atoms with E-state index in [0.717, 1.165) is 0 Å². The molecule has 1 aliphatic rings. The lowest BCUT2D eigenvalue weighted by Gasteiger charge is -2.37. The molecule has 1 N–H and O–H groups in total. The van der Waals surface area contributed by atoms with Crippen LogP contribution in [0.2, 0.25) is 0 Å². The van der Waals surface area contributed by atoms with Gasteiger partial charge in [0.15, 0.2) is 0 Å². The summed E-state index contributed by atoms with van der Waals surface area (Å²) in [6.07, 6.45) is 2.06. The summed E-state index contributed by atoms with van der Waals surface area (Å²) in [5, 5.41) is 21.6. The fraction of sp³-hybridized carbons (Fsp3) is 0.562. The first kappa shape index (κ1) is 20.7. The van der Waals surface area contributed by atoms with Gasteiger partial charge in [0.1, 0.15) is 6.61 Å². The second-order valence-corrected chi connectivity index (χ2v) is 9.02. The highest BCUT2D eigenvalue weighted by molar-refractivity contribution is 8.10. The minimum Gasteiger partial charge on any atom is -0.445 e. The van der Waals surface area contributed by atoms with Crippen molar-refractivity contribution in [3.63, 3.8) is 0 Å². The number of aliphatic hydroxyl groups is 1. The number of carbonyl (C=O) groups excluding carboxylic acids is 1. The molecule has 0 bridgehead atoms. The Morgan fingerprint density at radius 3 is 2.54 bits per heavy atom. The summed E-state index contributed by atoms with van der Waals surface area (Å²) in [5.74, 6) is 0.498. The minimum atomic E-state index is -0.898. The van der Waals surface area contributed by atoms with Gasteiger partial charge in [-0.25, -0.2) is 4.79 Å². The lowest BCUT2D eigenvalue weighted by molar-refractivity contribution is -0.384. The van der Waals surface area contributed by atoms with Gasteiger partial charge in [-0.15, -0.1) is 11.8 Å². The molecule has 144 valence electrons. The lowest BCUT2D eigenvalue weighted by atomic mass is 9.94. The van der Waals surface area contributed by atoms with Crippen LogP contribution in [-0.4, -0.2) is 61.0 Å². The van der Waals surface area contributed by atoms with Crippen molar-refractivity contribution in [1.29, 1.82) is 0 Å². The number of amides is 1. The van der Waals surface area contributed by atoms with Crippen LogP contribution in [0.4, 0.5) is 10.5 Å². The highest BCUT2D eigenvalue weighted by atomic mass is 32.2. The van der Waals surface area contributed by atoms with Crippen molar-refractivity contribution < 1.29 is 23.8 Å². The summed E-state index contributed by atoms with van der Waals surface area (Å²) >= 11 is 1.45. The molecule has 1 aliphatic heterocycles. The van der Waals surface area contributed by atoms with E-state index in [1.165, 1.54) is 23.9 Å². The average molecular weight is 402 g/mol. The Labute approximate surface area is 158 Å². The molecule has 0 saturated carbocycles. The molecule has 1 saturated heterocycles. The summed E-state index contributed by atoms with van der Waals surface area (Å²) in [7, 11) is -0.898. The van der Waals surface area contributed by atoms with E-state index >= 15 is 0 Å². The maximum absolute atomic E-state index is 12.1. The van der Waals surface area contributed by atoms with Crippen LogP contribution in [0.3, 0.4) is 0 Å². The van der Waals surface area contributed by atoms with Crippen LogP contribution < -0.4 is 0 Å². The van der Waals surface area contributed by atoms with Crippen molar-refractivity contribution >= 4 is 34.3 Å². The molecule has 10 heteroatoms. The first-order valence-corrected chi connectivity index (χ1v) is 10.9. The second-order valence-electron chi connectivity index (χ2n) is 6.23. The number of nitrogens with zero attached hydrogens (tertiary/aromatic N) is 2. The SMILES string of the molecule is CS(=O)CSCC1(O)CCN(C(=O)OCc2ccc([N+](=O)[O-])cc2)CC1. The summed E-state index contributed by atoms with van der Waals surface area (Å²) in [5.41, 5.74) is -0.194. The highest BCUT2D eigenvalue weighted by Gasteiger charge is 2.34. The molecule has 1 atom stereocenters. The first-order valence-electron chi connectivity index (χ1n) is 8.04. The van der Waals surface area contributed by atoms with Crippen molar-refractivity contribution in [2.45, 2.75) is 25.0 Å². The van der Waals surface area contributed by atoms with Crippen LogP contribution in [0, 0.1) is 10.1 Å². The molecular weight excluding hydrogens is 380 g/mol. The van der Waals surface area contributed by atoms with E-state index in [1.54, 1.807) is 23.3 Å². The van der Waals surface area contributed by atoms with Crippen LogP contribution in [-0.2, 0) is 22.1 Å². The Morgan fingerprint density at radius 1 is 1.38 bits per heavy atom. The summed E-state index contributed by atoms with van der Waals surface area (Å²) in [4.78, 5) is 23.8. The molecule has 0 aromatic heterocycles. The maximum Gasteiger partial charge on any atom is 0.410 e. The molecule has 1 unspecified atom stereocenters. The second kappa shape index (κ2) is 9.33. The zero-order chi connectivity index (χ0) is 19.2. The van der Waals surface area contributed by atoms with Gasteiger partial charge in [0.05, 0.1) is 15.6 Å². The van der Waals surface area contributed by atoms with Crippen molar-refractivity contribution in [3.05, 3.63) is 39.9 Å². The smallest absolute Gasteiger partial charge is 0.410 e. The van der Waals surface area contributed by atoms with Crippen LogP contribution in [0.25, 0.3) is 0 Å². The number of piperidine rings is 1. The minimum absolute atomic E-state index is 0.0137. The molecular formula is C16H22N2O6S2. The molecule has 0 aliphatic carbocycles. The van der Waals surface area contributed by atoms with Gasteiger partial charge in [-0.1, -0.05) is 0 Å². The Balaban J connectivity index is 1.75. The topological polar surface area (TPSA) is 110 Å². The summed E-state index contributed by atoms with van der Waals surface area (Å²) in [6, 6.07) is 5.83. The van der Waals surface area contributed by atoms with Gasteiger partial charge in [0.2, 0.25) is 0 Å². The van der Waals surface area contributed by atoms with E-state index in [2.05, 4.69) is 0 Å². The van der Waals surface area contributed by atoms with Gasteiger partial charge < -0.3 is 14.7 Å². The predicted molar refractivity (Wildman–Crippen MR) is 100 cm³/mol. The number of nitro groups is 1. The molecule has 8 nitrogen and oxygen atoms in total. The summed E-state index contributed by atoms with van der Waals surface area (Å²) in [6.45, 7) is 0.826. The molecule has 1 amide bonds. The number of carbonyl (C=O) groups is 1. The van der Waals surface area contributed by atoms with E-state index in [4.69, 9.17) is 4.74 Å². The lowest BCUT2D eigenvalue weighted by Crippen LogP contribution is -2.48. The zero-order valence-corrected chi connectivity index (χ0v) is 16.1. The van der Waals surface area contributed by atoms with E-state index < -0.39 is 27.4 Å². The highest BCUT2D eigenvalue weighted by Crippen LogP contribution is 2.27. The third-order valence-corrected chi connectivity index (χ3v) is 6.82. The fourth-order valence-corrected chi connectivity index (χ4v) is 4.49. The van der Waals surface area contributed by atoms with Crippen LogP contribution in [0.15, 0.2) is 24.3 Å². The molecule has 1 aromatic rings. The molecule has 0 radical (unpaired) electrons. The monoisotopic (exact) mass is 402 g/mol. The predicted octanol–water partition coefficient (Wildman–Crippen LogP) is 2.13. The van der Waals surface area contributed by atoms with Gasteiger partial charge in [0, 0.05) is 48.0 Å². The van der Waals surface area contributed by atoms with Crippen molar-refractivity contribution in [3.8, 4) is 0 Å². The Morgan fingerprint density at radius 2 is 2.00 bits per heavy atom. The number of non-ortho nitro benzene ring substituents is 1. The third kappa shape index (κ3) is 6.26. The maximum atomic E-state index is 12.1. The molecule has 1 aromatic carbocycles. The van der Waals surface area contributed by atoms with Crippen molar-refractivity contribution in [2.75, 3.05) is 30.2 Å².